The van der Waals surface area contributed by atoms with E-state index in [1.54, 1.807) is 12.1 Å². The molecule has 2 aromatic carbocycles. The summed E-state index contributed by atoms with van der Waals surface area (Å²) in [4.78, 5) is 21.4. The summed E-state index contributed by atoms with van der Waals surface area (Å²) < 4.78 is 1.96. The van der Waals surface area contributed by atoms with Gasteiger partial charge in [-0.3, -0.25) is 14.9 Å². The number of hydrogen-bond donors (Lipinski definition) is 1. The predicted octanol–water partition coefficient (Wildman–Crippen LogP) is 3.00. The summed E-state index contributed by atoms with van der Waals surface area (Å²) in [5.41, 5.74) is 3.70. The molecule has 3 rings (SSSR count). The van der Waals surface area contributed by atoms with Crippen molar-refractivity contribution in [3.63, 3.8) is 0 Å². The molecule has 3 aromatic rings. The average molecular weight is 309 g/mol. The first-order valence-corrected chi connectivity index (χ1v) is 7.11. The van der Waals surface area contributed by atoms with Gasteiger partial charge in [0.1, 0.15) is 0 Å². The van der Waals surface area contributed by atoms with E-state index in [-0.39, 0.29) is 5.69 Å². The molecule has 1 heterocycles. The van der Waals surface area contributed by atoms with Gasteiger partial charge in [0, 0.05) is 41.3 Å². The Morgan fingerprint density at radius 2 is 1.96 bits per heavy atom. The zero-order chi connectivity index (χ0) is 16.4. The fourth-order valence-corrected chi connectivity index (χ4v) is 2.87. The monoisotopic (exact) mass is 309 g/mol. The first-order valence-electron chi connectivity index (χ1n) is 7.11. The van der Waals surface area contributed by atoms with E-state index in [1.165, 1.54) is 6.07 Å². The molecule has 0 saturated heterocycles. The van der Waals surface area contributed by atoms with E-state index in [1.807, 2.05) is 41.9 Å². The minimum absolute atomic E-state index is 0.0511. The number of fused-ring (bicyclic) bond motifs is 1. The number of carbonyl (C=O) groups excluding carboxylic acids is 1. The van der Waals surface area contributed by atoms with Crippen LogP contribution in [0.15, 0.2) is 48.5 Å². The Labute approximate surface area is 132 Å². The molecule has 1 N–H and O–H groups in total. The predicted molar refractivity (Wildman–Crippen MR) is 87.9 cm³/mol. The number of nitrogens with one attached hydrogen (secondary N) is 1. The van der Waals surface area contributed by atoms with E-state index in [2.05, 4.69) is 5.32 Å². The molecule has 0 aliphatic carbocycles. The van der Waals surface area contributed by atoms with Crippen LogP contribution in [-0.2, 0) is 18.4 Å². The summed E-state index contributed by atoms with van der Waals surface area (Å²) in [6.07, 6.45) is 0.648. The second-order valence-electron chi connectivity index (χ2n) is 5.20. The number of benzene rings is 2. The van der Waals surface area contributed by atoms with Crippen molar-refractivity contribution < 1.29 is 9.72 Å². The van der Waals surface area contributed by atoms with E-state index in [9.17, 15) is 14.9 Å². The van der Waals surface area contributed by atoms with Gasteiger partial charge in [-0.2, -0.15) is 0 Å². The first-order chi connectivity index (χ1) is 11.1. The van der Waals surface area contributed by atoms with Crippen LogP contribution in [-0.4, -0.2) is 15.9 Å². The first kappa shape index (κ1) is 14.8. The van der Waals surface area contributed by atoms with Crippen LogP contribution < -0.4 is 5.32 Å². The van der Waals surface area contributed by atoms with Crippen molar-refractivity contribution in [2.24, 2.45) is 7.05 Å². The molecule has 0 radical (unpaired) electrons. The zero-order valence-electron chi connectivity index (χ0n) is 12.5. The molecule has 0 aliphatic rings. The molecule has 0 bridgehead atoms. The molecule has 116 valence electrons. The van der Waals surface area contributed by atoms with Crippen LogP contribution in [0.3, 0.4) is 0 Å². The Morgan fingerprint density at radius 1 is 1.22 bits per heavy atom. The lowest BCUT2D eigenvalue weighted by Crippen LogP contribution is -2.13. The zero-order valence-corrected chi connectivity index (χ0v) is 12.5. The number of non-ortho nitro benzene ring substituents is 1. The van der Waals surface area contributed by atoms with Crippen molar-refractivity contribution in [1.29, 1.82) is 0 Å². The molecule has 1 aromatic heterocycles. The molecule has 6 heteroatoms. The quantitative estimate of drug-likeness (QED) is 0.447. The summed E-state index contributed by atoms with van der Waals surface area (Å²) in [5.74, 6) is 0. The minimum Gasteiger partial charge on any atom is -0.353 e. The highest BCUT2D eigenvalue weighted by atomic mass is 16.6. The molecule has 0 spiro atoms. The third-order valence-electron chi connectivity index (χ3n) is 3.93. The van der Waals surface area contributed by atoms with Gasteiger partial charge in [0.25, 0.3) is 5.69 Å². The van der Waals surface area contributed by atoms with Crippen molar-refractivity contribution in [2.75, 3.05) is 0 Å². The normalized spacial score (nSPS) is 10.7. The summed E-state index contributed by atoms with van der Waals surface area (Å²) >= 11 is 0. The molecule has 6 nitrogen and oxygen atoms in total. The van der Waals surface area contributed by atoms with Gasteiger partial charge in [-0.15, -0.1) is 0 Å². The fraction of sp³-hybridized carbons (Fsp3) is 0.118. The number of nitro benzene ring substituents is 1. The number of nitrogens with zero attached hydrogens (tertiary/aromatic N) is 2. The highest BCUT2D eigenvalue weighted by Gasteiger charge is 2.19. The SMILES string of the molecule is Cn1c(CNC=O)c(-c2ccccc2)c2cc([N+](=O)[O-])ccc21. The van der Waals surface area contributed by atoms with Crippen molar-refractivity contribution in [1.82, 2.24) is 9.88 Å². The lowest BCUT2D eigenvalue weighted by Gasteiger charge is -2.07. The number of aromatic nitrogens is 1. The average Bonchev–Trinajstić information content (AvgIpc) is 2.85. The Morgan fingerprint density at radius 3 is 2.61 bits per heavy atom. The minimum atomic E-state index is -0.398. The van der Waals surface area contributed by atoms with E-state index in [0.29, 0.717) is 13.0 Å². The van der Waals surface area contributed by atoms with Crippen LogP contribution in [0, 0.1) is 10.1 Å². The Kier molecular flexibility index (Phi) is 3.80. The van der Waals surface area contributed by atoms with Gasteiger partial charge < -0.3 is 9.88 Å². The van der Waals surface area contributed by atoms with Crippen LogP contribution in [0.2, 0.25) is 0 Å². The molecule has 23 heavy (non-hydrogen) atoms. The van der Waals surface area contributed by atoms with Gasteiger partial charge in [0.2, 0.25) is 6.41 Å². The fourth-order valence-electron chi connectivity index (χ4n) is 2.87. The lowest BCUT2D eigenvalue weighted by molar-refractivity contribution is -0.384. The van der Waals surface area contributed by atoms with E-state index < -0.39 is 4.92 Å². The van der Waals surface area contributed by atoms with Crippen molar-refractivity contribution in [3.05, 3.63) is 64.3 Å². The third-order valence-corrected chi connectivity index (χ3v) is 3.93. The van der Waals surface area contributed by atoms with Crippen molar-refractivity contribution in [2.45, 2.75) is 6.54 Å². The Hall–Kier alpha value is -3.15. The van der Waals surface area contributed by atoms with Crippen LogP contribution >= 0.6 is 0 Å². The third kappa shape index (κ3) is 2.55. The van der Waals surface area contributed by atoms with Gasteiger partial charge >= 0.3 is 0 Å². The van der Waals surface area contributed by atoms with Crippen molar-refractivity contribution >= 4 is 23.0 Å². The number of hydrogen-bond acceptors (Lipinski definition) is 3. The number of amides is 1. The standard InChI is InChI=1S/C17H15N3O3/c1-19-15-8-7-13(20(22)23)9-14(15)17(16(19)10-18-11-21)12-5-3-2-4-6-12/h2-9,11H,10H2,1H3,(H,18,21). The van der Waals surface area contributed by atoms with Crippen LogP contribution in [0.1, 0.15) is 5.69 Å². The second-order valence-corrected chi connectivity index (χ2v) is 5.20. The Bertz CT molecular complexity index is 885. The lowest BCUT2D eigenvalue weighted by atomic mass is 10.0. The summed E-state index contributed by atoms with van der Waals surface area (Å²) in [6.45, 7) is 0.354. The number of carbonyl (C=O) groups is 1. The van der Waals surface area contributed by atoms with Crippen LogP contribution in [0.5, 0.6) is 0 Å². The van der Waals surface area contributed by atoms with Gasteiger partial charge in [-0.25, -0.2) is 0 Å². The van der Waals surface area contributed by atoms with Crippen LogP contribution in [0.4, 0.5) is 5.69 Å². The molecule has 0 atom stereocenters. The van der Waals surface area contributed by atoms with E-state index >= 15 is 0 Å². The summed E-state index contributed by atoms with van der Waals surface area (Å²) in [7, 11) is 1.89. The molecule has 0 aliphatic heterocycles. The van der Waals surface area contributed by atoms with Gasteiger partial charge in [0.05, 0.1) is 11.5 Å². The van der Waals surface area contributed by atoms with Gasteiger partial charge in [-0.05, 0) is 11.6 Å². The molecular weight excluding hydrogens is 294 g/mol. The number of nitro groups is 1. The van der Waals surface area contributed by atoms with Crippen molar-refractivity contribution in [3.8, 4) is 11.1 Å². The second kappa shape index (κ2) is 5.92. The topological polar surface area (TPSA) is 77.2 Å². The van der Waals surface area contributed by atoms with Gasteiger partial charge in [-0.1, -0.05) is 30.3 Å². The number of aryl methyl sites for hydroxylation is 1. The van der Waals surface area contributed by atoms with Gasteiger partial charge in [0.15, 0.2) is 0 Å². The summed E-state index contributed by atoms with van der Waals surface area (Å²) in [5, 5.41) is 14.6. The largest absolute Gasteiger partial charge is 0.353 e. The maximum absolute atomic E-state index is 11.1. The maximum Gasteiger partial charge on any atom is 0.270 e. The molecular formula is C17H15N3O3. The molecule has 0 saturated carbocycles. The highest BCUT2D eigenvalue weighted by Crippen LogP contribution is 2.36. The van der Waals surface area contributed by atoms with E-state index in [0.717, 1.165) is 27.7 Å². The van der Waals surface area contributed by atoms with Crippen LogP contribution in [0.25, 0.3) is 22.0 Å². The highest BCUT2D eigenvalue weighted by molar-refractivity contribution is 5.99. The Balaban J connectivity index is 2.33. The number of rotatable bonds is 5. The molecule has 0 unspecified atom stereocenters. The maximum atomic E-state index is 11.1. The molecule has 1 amide bonds. The summed E-state index contributed by atoms with van der Waals surface area (Å²) in [6, 6.07) is 14.5. The smallest absolute Gasteiger partial charge is 0.270 e. The van der Waals surface area contributed by atoms with E-state index in [4.69, 9.17) is 0 Å². The molecule has 0 fully saturated rings.